The number of amides is 1. The maximum Gasteiger partial charge on any atom is 0.301 e. The van der Waals surface area contributed by atoms with Gasteiger partial charge in [-0.1, -0.05) is 82.2 Å². The zero-order valence-corrected chi connectivity index (χ0v) is 25.9. The van der Waals surface area contributed by atoms with Crippen LogP contribution in [0, 0.1) is 13.8 Å². The van der Waals surface area contributed by atoms with Crippen molar-refractivity contribution >= 4 is 86.1 Å². The van der Waals surface area contributed by atoms with E-state index in [2.05, 4.69) is 15.2 Å². The number of aliphatic hydroxyl groups is 1. The first-order chi connectivity index (χ1) is 20.1. The first-order valence-corrected chi connectivity index (χ1v) is 15.5. The molecule has 5 aromatic rings. The van der Waals surface area contributed by atoms with E-state index in [1.807, 2.05) is 35.7 Å². The number of fused-ring (bicyclic) bond motifs is 1. The number of ketones is 1. The zero-order valence-electron chi connectivity index (χ0n) is 22.0. The molecule has 1 amide bonds. The number of nitrogens with zero attached hydrogens (tertiary/aromatic N) is 5. The Morgan fingerprint density at radius 3 is 2.55 bits per heavy atom. The number of hydrogen-bond donors (Lipinski definition) is 1. The molecule has 0 bridgehead atoms. The maximum absolute atomic E-state index is 13.6. The Hall–Kier alpha value is -3.41. The Kier molecular flexibility index (Phi) is 7.75. The van der Waals surface area contributed by atoms with Gasteiger partial charge >= 0.3 is 5.91 Å². The van der Waals surface area contributed by atoms with E-state index in [9.17, 15) is 14.7 Å². The highest BCUT2D eigenvalue weighted by Gasteiger charge is 2.49. The summed E-state index contributed by atoms with van der Waals surface area (Å²) in [6.07, 6.45) is 1.83. The summed E-state index contributed by atoms with van der Waals surface area (Å²) < 4.78 is 2.39. The number of aliphatic hydroxyl groups excluding tert-OH is 1. The van der Waals surface area contributed by atoms with Crippen LogP contribution >= 0.6 is 57.9 Å². The predicted octanol–water partition coefficient (Wildman–Crippen LogP) is 7.68. The van der Waals surface area contributed by atoms with E-state index in [-0.39, 0.29) is 22.2 Å². The van der Waals surface area contributed by atoms with Crippen LogP contribution in [0.2, 0.25) is 15.1 Å². The molecule has 0 radical (unpaired) electrons. The van der Waals surface area contributed by atoms with Gasteiger partial charge in [-0.25, -0.2) is 4.98 Å². The highest BCUT2D eigenvalue weighted by Crippen LogP contribution is 2.45. The van der Waals surface area contributed by atoms with Crippen molar-refractivity contribution in [2.75, 3.05) is 4.90 Å². The van der Waals surface area contributed by atoms with Crippen molar-refractivity contribution in [2.45, 2.75) is 30.0 Å². The van der Waals surface area contributed by atoms with Gasteiger partial charge in [-0.05, 0) is 60.9 Å². The van der Waals surface area contributed by atoms with E-state index in [1.54, 1.807) is 43.3 Å². The standard InChI is InChI=1S/C29H20Cl3N5O3S2/c1-14-5-4-10-36-15(2)22(33-26(14)36)24(38)21-23(16-6-3-7-18(30)11-16)37(27(40)25(21)39)28-34-35-29(42-28)41-13-17-8-9-19(31)12-20(17)32/h3-12,23,38H,13H2,1-2H3. The Labute approximate surface area is 263 Å². The number of thioether (sulfide) groups is 1. The fourth-order valence-electron chi connectivity index (χ4n) is 4.83. The third-order valence-electron chi connectivity index (χ3n) is 6.89. The minimum atomic E-state index is -1.01. The number of aryl methyl sites for hydroxylation is 2. The van der Waals surface area contributed by atoms with Gasteiger partial charge in [0.15, 0.2) is 10.1 Å². The second kappa shape index (κ2) is 11.3. The second-order valence-corrected chi connectivity index (χ2v) is 13.0. The van der Waals surface area contributed by atoms with Gasteiger partial charge in [0.2, 0.25) is 5.13 Å². The Morgan fingerprint density at radius 2 is 1.81 bits per heavy atom. The number of anilines is 1. The van der Waals surface area contributed by atoms with Gasteiger partial charge in [-0.15, -0.1) is 10.2 Å². The highest BCUT2D eigenvalue weighted by molar-refractivity contribution is 8.00. The lowest BCUT2D eigenvalue weighted by Gasteiger charge is -2.22. The third kappa shape index (κ3) is 5.07. The molecular weight excluding hydrogens is 637 g/mol. The van der Waals surface area contributed by atoms with Crippen molar-refractivity contribution < 1.29 is 14.7 Å². The molecule has 2 aromatic carbocycles. The average molecular weight is 657 g/mol. The molecule has 8 nitrogen and oxygen atoms in total. The molecule has 1 saturated heterocycles. The van der Waals surface area contributed by atoms with E-state index in [0.717, 1.165) is 22.5 Å². The zero-order chi connectivity index (χ0) is 29.7. The molecule has 1 atom stereocenters. The number of aromatic nitrogens is 4. The molecule has 1 N–H and O–H groups in total. The van der Waals surface area contributed by atoms with Gasteiger partial charge in [-0.2, -0.15) is 0 Å². The maximum atomic E-state index is 13.6. The largest absolute Gasteiger partial charge is 0.505 e. The molecular formula is C29H20Cl3N5O3S2. The van der Waals surface area contributed by atoms with Crippen LogP contribution in [0.5, 0.6) is 0 Å². The number of Topliss-reactive ketones (excluding diaryl/α,β-unsaturated/α-hetero) is 1. The van der Waals surface area contributed by atoms with Crippen LogP contribution in [0.4, 0.5) is 5.13 Å². The summed E-state index contributed by atoms with van der Waals surface area (Å²) in [4.78, 5) is 33.1. The van der Waals surface area contributed by atoms with Crippen LogP contribution in [0.3, 0.4) is 0 Å². The quantitative estimate of drug-likeness (QED) is 0.0658. The number of hydrogen-bond acceptors (Lipinski definition) is 8. The van der Waals surface area contributed by atoms with Crippen LogP contribution in [-0.2, 0) is 15.3 Å². The molecule has 0 saturated carbocycles. The fourth-order valence-corrected chi connectivity index (χ4v) is 7.46. The summed E-state index contributed by atoms with van der Waals surface area (Å²) in [7, 11) is 0. The molecule has 42 heavy (non-hydrogen) atoms. The molecule has 13 heteroatoms. The predicted molar refractivity (Wildman–Crippen MR) is 167 cm³/mol. The van der Waals surface area contributed by atoms with E-state index in [0.29, 0.717) is 42.1 Å². The summed E-state index contributed by atoms with van der Waals surface area (Å²) >= 11 is 21.2. The summed E-state index contributed by atoms with van der Waals surface area (Å²) in [6.45, 7) is 3.70. The molecule has 1 aliphatic rings. The van der Waals surface area contributed by atoms with Gasteiger partial charge in [0, 0.05) is 27.0 Å². The number of carbonyl (C=O) groups is 2. The van der Waals surface area contributed by atoms with Crippen molar-refractivity contribution in [3.05, 3.63) is 110 Å². The summed E-state index contributed by atoms with van der Waals surface area (Å²) in [5.41, 5.74) is 3.64. The van der Waals surface area contributed by atoms with Gasteiger partial charge in [0.1, 0.15) is 11.3 Å². The molecule has 0 spiro atoms. The van der Waals surface area contributed by atoms with Crippen molar-refractivity contribution in [1.82, 2.24) is 19.6 Å². The molecule has 1 aliphatic heterocycles. The van der Waals surface area contributed by atoms with E-state index < -0.39 is 17.7 Å². The van der Waals surface area contributed by atoms with Gasteiger partial charge in [0.05, 0.1) is 17.3 Å². The number of halogens is 3. The number of pyridine rings is 1. The Bertz CT molecular complexity index is 1940. The van der Waals surface area contributed by atoms with Crippen molar-refractivity contribution in [3.8, 4) is 0 Å². The van der Waals surface area contributed by atoms with Crippen molar-refractivity contribution in [1.29, 1.82) is 0 Å². The lowest BCUT2D eigenvalue weighted by Crippen LogP contribution is -2.29. The second-order valence-electron chi connectivity index (χ2n) is 9.53. The molecule has 6 rings (SSSR count). The first-order valence-electron chi connectivity index (χ1n) is 12.6. The normalized spacial score (nSPS) is 16.6. The van der Waals surface area contributed by atoms with E-state index >= 15 is 0 Å². The van der Waals surface area contributed by atoms with Crippen LogP contribution in [0.15, 0.2) is 70.7 Å². The minimum absolute atomic E-state index is 0.108. The fraction of sp³-hybridized carbons (Fsp3) is 0.138. The Balaban J connectivity index is 1.43. The smallest absolute Gasteiger partial charge is 0.301 e. The summed E-state index contributed by atoms with van der Waals surface area (Å²) in [5, 5.41) is 21.8. The third-order valence-corrected chi connectivity index (χ3v) is 9.81. The van der Waals surface area contributed by atoms with E-state index in [4.69, 9.17) is 34.8 Å². The summed E-state index contributed by atoms with van der Waals surface area (Å²) in [6, 6.07) is 14.8. The van der Waals surface area contributed by atoms with Crippen LogP contribution in [0.1, 0.15) is 34.1 Å². The molecule has 1 fully saturated rings. The molecule has 3 aromatic heterocycles. The minimum Gasteiger partial charge on any atom is -0.505 e. The van der Waals surface area contributed by atoms with E-state index in [1.165, 1.54) is 16.7 Å². The molecule has 1 unspecified atom stereocenters. The van der Waals surface area contributed by atoms with Crippen LogP contribution in [-0.4, -0.2) is 36.4 Å². The monoisotopic (exact) mass is 655 g/mol. The van der Waals surface area contributed by atoms with Crippen molar-refractivity contribution in [2.24, 2.45) is 0 Å². The van der Waals surface area contributed by atoms with Crippen LogP contribution in [0.25, 0.3) is 11.4 Å². The van der Waals surface area contributed by atoms with Gasteiger partial charge < -0.3 is 9.51 Å². The molecule has 212 valence electrons. The SMILES string of the molecule is Cc1cccn2c(C)c(C(O)=C3C(=O)C(=O)N(c4nnc(SCc5ccc(Cl)cc5Cl)s4)C3c3cccc(Cl)c3)nc12. The van der Waals surface area contributed by atoms with Crippen LogP contribution < -0.4 is 4.90 Å². The molecule has 4 heterocycles. The van der Waals surface area contributed by atoms with Crippen molar-refractivity contribution in [3.63, 3.8) is 0 Å². The number of benzene rings is 2. The highest BCUT2D eigenvalue weighted by atomic mass is 35.5. The average Bonchev–Trinajstić information content (AvgIpc) is 3.63. The number of rotatable bonds is 6. The van der Waals surface area contributed by atoms with Gasteiger partial charge in [-0.3, -0.25) is 14.5 Å². The molecule has 0 aliphatic carbocycles. The lowest BCUT2D eigenvalue weighted by atomic mass is 9.96. The number of carbonyl (C=O) groups excluding carboxylic acids is 2. The first kappa shape index (κ1) is 28.7. The van der Waals surface area contributed by atoms with Gasteiger partial charge in [0.25, 0.3) is 5.78 Å². The topological polar surface area (TPSA) is 101 Å². The summed E-state index contributed by atoms with van der Waals surface area (Å²) in [5.74, 6) is -1.58. The lowest BCUT2D eigenvalue weighted by molar-refractivity contribution is -0.132. The number of imidazole rings is 1. The Morgan fingerprint density at radius 1 is 1.02 bits per heavy atom.